The average molecular weight is 360 g/mol. The van der Waals surface area contributed by atoms with Crippen LogP contribution in [0, 0.1) is 0 Å². The summed E-state index contributed by atoms with van der Waals surface area (Å²) in [6.45, 7) is 11.9. The smallest absolute Gasteiger partial charge is 0.262 e. The summed E-state index contributed by atoms with van der Waals surface area (Å²) >= 11 is 0. The van der Waals surface area contributed by atoms with E-state index in [1.165, 1.54) is 13.1 Å². The van der Waals surface area contributed by atoms with Gasteiger partial charge in [0.05, 0.1) is 13.2 Å². The third kappa shape index (κ3) is 10.8. The molecule has 0 rings (SSSR count). The lowest BCUT2D eigenvalue weighted by molar-refractivity contribution is 0.255. The molecule has 0 aromatic carbocycles. The second kappa shape index (κ2) is 7.62. The lowest BCUT2D eigenvalue weighted by Crippen LogP contribution is -2.40. The summed E-state index contributed by atoms with van der Waals surface area (Å²) < 4.78 is 64.4. The van der Waals surface area contributed by atoms with E-state index in [2.05, 4.69) is 29.3 Å². The number of hydrogen-bond acceptors (Lipinski definition) is 8. The van der Waals surface area contributed by atoms with E-state index in [1.807, 2.05) is 0 Å². The minimum absolute atomic E-state index is 0.272. The molecule has 0 atom stereocenters. The molecule has 0 aromatic heterocycles. The largest absolute Gasteiger partial charge is 0.392 e. The summed E-state index contributed by atoms with van der Waals surface area (Å²) in [5.41, 5.74) is 0.917. The van der Waals surface area contributed by atoms with Gasteiger partial charge < -0.3 is 0 Å². The van der Waals surface area contributed by atoms with Crippen LogP contribution in [-0.4, -0.2) is 38.6 Å². The van der Waals surface area contributed by atoms with Gasteiger partial charge in [0.2, 0.25) is 0 Å². The van der Waals surface area contributed by atoms with Crippen molar-refractivity contribution in [3.63, 3.8) is 0 Å². The number of hydrogen-bond donors (Lipinski definition) is 0. The van der Waals surface area contributed by atoms with Crippen LogP contribution in [0.5, 0.6) is 0 Å². The van der Waals surface area contributed by atoms with Gasteiger partial charge in [0.15, 0.2) is 0 Å². The lowest BCUT2D eigenvalue weighted by Gasteiger charge is -2.20. The van der Waals surface area contributed by atoms with Gasteiger partial charge in [-0.05, 0) is 26.9 Å². The van der Waals surface area contributed by atoms with Crippen LogP contribution in [0.15, 0.2) is 24.3 Å². The Labute approximate surface area is 127 Å². The van der Waals surface area contributed by atoms with Crippen LogP contribution in [0.3, 0.4) is 0 Å². The van der Waals surface area contributed by atoms with Crippen molar-refractivity contribution in [2.45, 2.75) is 26.9 Å². The molecule has 0 N–H and O–H groups in total. The van der Waals surface area contributed by atoms with Gasteiger partial charge in [0.25, 0.3) is 0 Å². The van der Waals surface area contributed by atoms with Crippen molar-refractivity contribution in [2.24, 2.45) is 0 Å². The van der Waals surface area contributed by atoms with Crippen LogP contribution in [0.4, 0.5) is 0 Å². The van der Waals surface area contributed by atoms with Crippen LogP contribution in [0.25, 0.3) is 0 Å². The highest BCUT2D eigenvalue weighted by molar-refractivity contribution is 7.84. The second-order valence-electron chi connectivity index (χ2n) is 4.82. The third-order valence-electron chi connectivity index (χ3n) is 1.50. The molecule has 0 radical (unpaired) electrons. The van der Waals surface area contributed by atoms with Crippen molar-refractivity contribution in [2.75, 3.05) is 13.2 Å². The lowest BCUT2D eigenvalue weighted by atomic mass is 10.4. The van der Waals surface area contributed by atoms with Gasteiger partial charge in [-0.3, -0.25) is 7.74 Å². The first-order chi connectivity index (χ1) is 9.25. The van der Waals surface area contributed by atoms with Gasteiger partial charge in [0.1, 0.15) is 0 Å². The third-order valence-corrected chi connectivity index (χ3v) is 7.16. The maximum Gasteiger partial charge on any atom is 0.392 e. The van der Waals surface area contributed by atoms with E-state index in [4.69, 9.17) is 0 Å². The van der Waals surface area contributed by atoms with Crippen molar-refractivity contribution in [3.05, 3.63) is 24.3 Å². The first kappa shape index (κ1) is 20.4. The van der Waals surface area contributed by atoms with Crippen LogP contribution >= 0.6 is 0 Å². The van der Waals surface area contributed by atoms with E-state index in [0.29, 0.717) is 11.1 Å². The van der Waals surface area contributed by atoms with Crippen molar-refractivity contribution in [3.8, 4) is 0 Å². The molecule has 0 aliphatic heterocycles. The quantitative estimate of drug-likeness (QED) is 0.425. The summed E-state index contributed by atoms with van der Waals surface area (Å²) in [5, 5.41) is 0. The summed E-state index contributed by atoms with van der Waals surface area (Å²) in [7, 11) is -12.4. The van der Waals surface area contributed by atoms with Crippen LogP contribution in [-0.2, 0) is 36.9 Å². The Hall–Kier alpha value is -0.563. The first-order valence-electron chi connectivity index (χ1n) is 5.73. The Bertz CT molecular complexity index is 539. The minimum Gasteiger partial charge on any atom is -0.262 e. The topological polar surface area (TPSA) is 105 Å². The zero-order valence-electron chi connectivity index (χ0n) is 12.4. The van der Waals surface area contributed by atoms with E-state index < -0.39 is 29.4 Å². The van der Waals surface area contributed by atoms with Gasteiger partial charge in [0, 0.05) is 0 Å². The summed E-state index contributed by atoms with van der Waals surface area (Å²) in [4.78, 5) is 0. The molecule has 0 saturated heterocycles. The first-order valence-corrected chi connectivity index (χ1v) is 11.2. The molecule has 0 aliphatic carbocycles. The van der Waals surface area contributed by atoms with Crippen molar-refractivity contribution >= 4 is 29.4 Å². The van der Waals surface area contributed by atoms with Crippen molar-refractivity contribution in [1.82, 2.24) is 0 Å². The molecule has 0 saturated carbocycles. The molecule has 0 spiro atoms. The van der Waals surface area contributed by atoms with Crippen molar-refractivity contribution in [1.29, 1.82) is 0 Å². The van der Waals surface area contributed by atoms with Crippen LogP contribution < -0.4 is 0 Å². The van der Waals surface area contributed by atoms with Gasteiger partial charge in [-0.2, -0.15) is 16.8 Å². The molecular formula is C10H20O8S2Si. The zero-order valence-corrected chi connectivity index (χ0v) is 15.0. The Morgan fingerprint density at radius 3 is 1.38 bits per heavy atom. The Morgan fingerprint density at radius 1 is 0.857 bits per heavy atom. The minimum atomic E-state index is -4.40. The van der Waals surface area contributed by atoms with E-state index >= 15 is 0 Å². The van der Waals surface area contributed by atoms with E-state index in [-0.39, 0.29) is 13.2 Å². The maximum absolute atomic E-state index is 11.5. The predicted octanol–water partition coefficient (Wildman–Crippen LogP) is 1.40. The molecule has 0 fully saturated rings. The van der Waals surface area contributed by atoms with Gasteiger partial charge in [-0.25, -0.2) is 8.37 Å². The molecule has 0 bridgehead atoms. The van der Waals surface area contributed by atoms with Crippen LogP contribution in [0.1, 0.15) is 13.8 Å². The molecular weight excluding hydrogens is 340 g/mol. The molecule has 0 unspecified atom stereocenters. The molecule has 0 heterocycles. The van der Waals surface area contributed by atoms with Gasteiger partial charge in [-0.15, -0.1) is 0 Å². The Balaban J connectivity index is 4.75. The highest BCUT2D eigenvalue weighted by Crippen LogP contribution is 2.16. The van der Waals surface area contributed by atoms with E-state index in [0.717, 1.165) is 0 Å². The Morgan fingerprint density at radius 2 is 1.14 bits per heavy atom. The fraction of sp³-hybridized carbons (Fsp3) is 0.600. The monoisotopic (exact) mass is 360 g/mol. The summed E-state index contributed by atoms with van der Waals surface area (Å²) in [6, 6.07) is 0. The zero-order chi connectivity index (χ0) is 16.9. The molecule has 0 aromatic rings. The molecule has 21 heavy (non-hydrogen) atoms. The van der Waals surface area contributed by atoms with Gasteiger partial charge >= 0.3 is 29.4 Å². The molecule has 0 aliphatic rings. The summed E-state index contributed by atoms with van der Waals surface area (Å²) in [5.74, 6) is 0. The highest BCUT2D eigenvalue weighted by Gasteiger charge is 2.38. The number of rotatable bonds is 10. The molecule has 11 heteroatoms. The fourth-order valence-electron chi connectivity index (χ4n) is 0.899. The Kier molecular flexibility index (Phi) is 7.42. The van der Waals surface area contributed by atoms with Gasteiger partial charge in [-0.1, -0.05) is 24.3 Å². The summed E-state index contributed by atoms with van der Waals surface area (Å²) in [6.07, 6.45) is 0. The maximum atomic E-state index is 11.5. The van der Waals surface area contributed by atoms with Crippen LogP contribution in [0.2, 0.25) is 13.1 Å². The molecule has 8 nitrogen and oxygen atoms in total. The van der Waals surface area contributed by atoms with Crippen molar-refractivity contribution < 1.29 is 32.9 Å². The molecule has 0 amide bonds. The predicted molar refractivity (Wildman–Crippen MR) is 79.0 cm³/mol. The molecule has 124 valence electrons. The standard InChI is InChI=1S/C10H20O8S2Si/c1-9(2)7-15-19(11,12)17-21(5,6)18-20(13,14)16-8-10(3)4/h1,3,7-8H2,2,4-6H3. The fourth-order valence-corrected chi connectivity index (χ4v) is 6.27. The second-order valence-corrected chi connectivity index (χ2v) is 11.1. The van der Waals surface area contributed by atoms with E-state index in [9.17, 15) is 16.8 Å². The highest BCUT2D eigenvalue weighted by atomic mass is 32.3. The van der Waals surface area contributed by atoms with E-state index in [1.54, 1.807) is 13.8 Å². The normalized spacial score (nSPS) is 13.1. The SMILES string of the molecule is C=C(C)COS(=O)(=O)O[Si](C)(C)OS(=O)(=O)OCC(=C)C. The average Bonchev–Trinajstić information content (AvgIpc) is 2.21.